The number of carbonyl (C=O) groups excluding carboxylic acids is 1. The van der Waals surface area contributed by atoms with Crippen LogP contribution in [0.25, 0.3) is 0 Å². The Morgan fingerprint density at radius 3 is 2.15 bits per heavy atom. The fraction of sp³-hybridized carbons (Fsp3) is 0.440. The number of hydrogen-bond acceptors (Lipinski definition) is 2. The van der Waals surface area contributed by atoms with Crippen molar-refractivity contribution in [2.24, 2.45) is 11.8 Å². The van der Waals surface area contributed by atoms with Gasteiger partial charge in [-0.3, -0.25) is 4.79 Å². The third-order valence-electron chi connectivity index (χ3n) is 6.14. The number of hydrogen-bond donors (Lipinski definition) is 3. The molecule has 0 bridgehead atoms. The standard InChI is InChI=1S/C24H25ClF3NO.CH2O3/c1-14(24(26,27)28)22(18-7-9-19(25)10-8-18)23(30)29-21-13-16(12-15-2-3-15)4-11-20(21)17-5-6-17;2-1(3)4/h4,7-11,13-15,17,22H,2-3,5-6,12H2,1H3,(H,29,30);(H2,2,3,4)/t14-,22+;/m1./s1. The van der Waals surface area contributed by atoms with Crippen LogP contribution in [0, 0.1) is 11.8 Å². The Hall–Kier alpha value is -2.74. The first-order valence-electron chi connectivity index (χ1n) is 11.1. The highest BCUT2D eigenvalue weighted by Gasteiger charge is 2.45. The molecule has 0 aliphatic heterocycles. The predicted octanol–water partition coefficient (Wildman–Crippen LogP) is 7.31. The third kappa shape index (κ3) is 7.38. The molecule has 1 amide bonds. The van der Waals surface area contributed by atoms with E-state index in [1.165, 1.54) is 37.1 Å². The van der Waals surface area contributed by atoms with Crippen molar-refractivity contribution in [1.82, 2.24) is 0 Å². The number of benzene rings is 2. The normalized spacial score (nSPS) is 17.2. The van der Waals surface area contributed by atoms with Gasteiger partial charge in [0, 0.05) is 10.7 Å². The van der Waals surface area contributed by atoms with Crippen molar-refractivity contribution in [1.29, 1.82) is 0 Å². The first-order chi connectivity index (χ1) is 16.0. The minimum atomic E-state index is -4.49. The van der Waals surface area contributed by atoms with E-state index in [9.17, 15) is 18.0 Å². The molecule has 5 nitrogen and oxygen atoms in total. The zero-order valence-electron chi connectivity index (χ0n) is 18.6. The van der Waals surface area contributed by atoms with E-state index in [0.717, 1.165) is 37.3 Å². The van der Waals surface area contributed by atoms with Crippen molar-refractivity contribution in [2.75, 3.05) is 5.32 Å². The minimum Gasteiger partial charge on any atom is -0.450 e. The summed E-state index contributed by atoms with van der Waals surface area (Å²) in [5.74, 6) is -2.73. The van der Waals surface area contributed by atoms with E-state index >= 15 is 0 Å². The van der Waals surface area contributed by atoms with Gasteiger partial charge in [-0.05, 0) is 78.8 Å². The molecule has 34 heavy (non-hydrogen) atoms. The molecule has 2 fully saturated rings. The van der Waals surface area contributed by atoms with E-state index in [1.807, 2.05) is 12.1 Å². The van der Waals surface area contributed by atoms with Gasteiger partial charge in [0.1, 0.15) is 0 Å². The number of rotatable bonds is 7. The predicted molar refractivity (Wildman–Crippen MR) is 124 cm³/mol. The number of nitrogens with one attached hydrogen (secondary N) is 1. The number of alkyl halides is 3. The van der Waals surface area contributed by atoms with Crippen molar-refractivity contribution in [3.05, 3.63) is 64.2 Å². The molecule has 2 saturated carbocycles. The van der Waals surface area contributed by atoms with Gasteiger partial charge in [0.15, 0.2) is 0 Å². The lowest BCUT2D eigenvalue weighted by Gasteiger charge is -2.26. The van der Waals surface area contributed by atoms with Crippen molar-refractivity contribution in [3.63, 3.8) is 0 Å². The van der Waals surface area contributed by atoms with Gasteiger partial charge in [-0.25, -0.2) is 4.79 Å². The maximum Gasteiger partial charge on any atom is 0.503 e. The summed E-state index contributed by atoms with van der Waals surface area (Å²) in [5, 5.41) is 17.2. The Bertz CT molecular complexity index is 1010. The lowest BCUT2D eigenvalue weighted by molar-refractivity contribution is -0.178. The van der Waals surface area contributed by atoms with Crippen LogP contribution in [0.5, 0.6) is 0 Å². The maximum atomic E-state index is 13.6. The molecule has 0 aromatic heterocycles. The summed E-state index contributed by atoms with van der Waals surface area (Å²) < 4.78 is 40.8. The molecule has 0 saturated heterocycles. The second-order valence-corrected chi connectivity index (χ2v) is 9.41. The highest BCUT2D eigenvalue weighted by atomic mass is 35.5. The minimum absolute atomic E-state index is 0.309. The summed E-state index contributed by atoms with van der Waals surface area (Å²) in [7, 11) is 0. The summed E-state index contributed by atoms with van der Waals surface area (Å²) >= 11 is 5.90. The van der Waals surface area contributed by atoms with E-state index < -0.39 is 30.1 Å². The summed E-state index contributed by atoms with van der Waals surface area (Å²) in [6.45, 7) is 1.06. The summed E-state index contributed by atoms with van der Waals surface area (Å²) in [6.07, 6.45) is -0.849. The van der Waals surface area contributed by atoms with Gasteiger partial charge < -0.3 is 15.5 Å². The highest BCUT2D eigenvalue weighted by molar-refractivity contribution is 6.30. The molecule has 0 heterocycles. The second kappa shape index (κ2) is 10.7. The summed E-state index contributed by atoms with van der Waals surface area (Å²) in [4.78, 5) is 21.7. The van der Waals surface area contributed by atoms with E-state index in [-0.39, 0.29) is 0 Å². The SMILES string of the molecule is C[C@H]([C@H](C(=O)Nc1cc(CC2CC2)ccc1C1CC1)c1ccc(Cl)cc1)C(F)(F)F.O=C(O)O. The van der Waals surface area contributed by atoms with Gasteiger partial charge in [-0.1, -0.05) is 42.8 Å². The van der Waals surface area contributed by atoms with Gasteiger partial charge in [0.25, 0.3) is 0 Å². The van der Waals surface area contributed by atoms with Crippen molar-refractivity contribution < 1.29 is 33.0 Å². The number of halogens is 4. The summed E-state index contributed by atoms with van der Waals surface area (Å²) in [6, 6.07) is 12.1. The lowest BCUT2D eigenvalue weighted by Crippen LogP contribution is -2.34. The molecule has 2 aromatic rings. The molecule has 9 heteroatoms. The molecule has 2 atom stereocenters. The molecular weight excluding hydrogens is 471 g/mol. The fourth-order valence-corrected chi connectivity index (χ4v) is 4.11. The van der Waals surface area contributed by atoms with Gasteiger partial charge in [-0.15, -0.1) is 0 Å². The molecule has 0 radical (unpaired) electrons. The van der Waals surface area contributed by atoms with Gasteiger partial charge >= 0.3 is 12.3 Å². The molecule has 4 rings (SSSR count). The van der Waals surface area contributed by atoms with Crippen molar-refractivity contribution >= 4 is 29.4 Å². The smallest absolute Gasteiger partial charge is 0.450 e. The molecule has 0 spiro atoms. The molecular formula is C25H27ClF3NO4. The van der Waals surface area contributed by atoms with Crippen LogP contribution in [0.2, 0.25) is 5.02 Å². The largest absolute Gasteiger partial charge is 0.503 e. The van der Waals surface area contributed by atoms with Gasteiger partial charge in [0.05, 0.1) is 11.8 Å². The van der Waals surface area contributed by atoms with Crippen LogP contribution in [0.1, 0.15) is 61.1 Å². The second-order valence-electron chi connectivity index (χ2n) is 8.97. The van der Waals surface area contributed by atoms with Crippen LogP contribution >= 0.6 is 11.6 Å². The molecule has 0 unspecified atom stereocenters. The van der Waals surface area contributed by atoms with E-state index in [0.29, 0.717) is 28.1 Å². The van der Waals surface area contributed by atoms with Crippen LogP contribution in [0.3, 0.4) is 0 Å². The monoisotopic (exact) mass is 497 g/mol. The van der Waals surface area contributed by atoms with E-state index in [2.05, 4.69) is 11.4 Å². The fourth-order valence-electron chi connectivity index (χ4n) is 3.98. The van der Waals surface area contributed by atoms with Crippen LogP contribution < -0.4 is 5.32 Å². The average molecular weight is 498 g/mol. The quantitative estimate of drug-likeness (QED) is 0.374. The Morgan fingerprint density at radius 1 is 1.06 bits per heavy atom. The van der Waals surface area contributed by atoms with E-state index in [1.54, 1.807) is 0 Å². The average Bonchev–Trinajstić information content (AvgIpc) is 3.64. The van der Waals surface area contributed by atoms with Crippen LogP contribution in [0.15, 0.2) is 42.5 Å². The molecule has 3 N–H and O–H groups in total. The van der Waals surface area contributed by atoms with Crippen molar-refractivity contribution in [2.45, 2.75) is 57.0 Å². The number of amides is 1. The Kier molecular flexibility index (Phi) is 8.13. The van der Waals surface area contributed by atoms with E-state index in [4.69, 9.17) is 26.6 Å². The Labute approximate surface area is 200 Å². The van der Waals surface area contributed by atoms with Gasteiger partial charge in [0.2, 0.25) is 5.91 Å². The number of anilines is 1. The van der Waals surface area contributed by atoms with Crippen LogP contribution in [0.4, 0.5) is 23.7 Å². The first-order valence-corrected chi connectivity index (χ1v) is 11.5. The topological polar surface area (TPSA) is 86.6 Å². The summed E-state index contributed by atoms with van der Waals surface area (Å²) in [5.41, 5.74) is 3.12. The van der Waals surface area contributed by atoms with Crippen LogP contribution in [-0.4, -0.2) is 28.5 Å². The van der Waals surface area contributed by atoms with Crippen molar-refractivity contribution in [3.8, 4) is 0 Å². The first kappa shape index (κ1) is 25.9. The highest BCUT2D eigenvalue weighted by Crippen LogP contribution is 2.45. The van der Waals surface area contributed by atoms with Crippen LogP contribution in [-0.2, 0) is 11.2 Å². The Morgan fingerprint density at radius 2 is 1.65 bits per heavy atom. The molecule has 2 aliphatic carbocycles. The third-order valence-corrected chi connectivity index (χ3v) is 6.39. The van der Waals surface area contributed by atoms with Gasteiger partial charge in [-0.2, -0.15) is 13.2 Å². The Balaban J connectivity index is 0.000000751. The number of carboxylic acid groups (broad SMARTS) is 2. The molecule has 2 aliphatic rings. The zero-order valence-corrected chi connectivity index (χ0v) is 19.4. The molecule has 184 valence electrons. The lowest BCUT2D eigenvalue weighted by atomic mass is 9.85. The molecule has 2 aromatic carbocycles. The zero-order chi connectivity index (χ0) is 25.0. The number of carbonyl (C=O) groups is 2. The maximum absolute atomic E-state index is 13.6.